The van der Waals surface area contributed by atoms with Crippen LogP contribution in [0.15, 0.2) is 23.7 Å². The molecule has 0 saturated heterocycles. The molecule has 74 valence electrons. The third-order valence-electron chi connectivity index (χ3n) is 2.14. The molecule has 14 heavy (non-hydrogen) atoms. The quantitative estimate of drug-likeness (QED) is 0.743. The first-order valence-corrected chi connectivity index (χ1v) is 5.21. The van der Waals surface area contributed by atoms with Crippen LogP contribution in [0.4, 0.5) is 5.13 Å². The molecular weight excluding hydrogens is 200 g/mol. The number of thiazole rings is 1. The second kappa shape index (κ2) is 3.79. The highest BCUT2D eigenvalue weighted by atomic mass is 32.1. The Hall–Kier alpha value is -1.36. The lowest BCUT2D eigenvalue weighted by Gasteiger charge is -2.10. The van der Waals surface area contributed by atoms with E-state index in [4.69, 9.17) is 5.11 Å². The summed E-state index contributed by atoms with van der Waals surface area (Å²) in [6.45, 7) is 0. The van der Waals surface area contributed by atoms with Gasteiger partial charge in [-0.25, -0.2) is 4.98 Å². The van der Waals surface area contributed by atoms with E-state index >= 15 is 0 Å². The summed E-state index contributed by atoms with van der Waals surface area (Å²) in [4.78, 5) is 14.7. The van der Waals surface area contributed by atoms with Gasteiger partial charge in [0.1, 0.15) is 0 Å². The van der Waals surface area contributed by atoms with Crippen LogP contribution in [0.1, 0.15) is 6.42 Å². The van der Waals surface area contributed by atoms with Gasteiger partial charge in [-0.05, 0) is 6.42 Å². The first-order valence-electron chi connectivity index (χ1n) is 4.33. The zero-order valence-corrected chi connectivity index (χ0v) is 8.20. The molecule has 1 aliphatic rings. The molecule has 2 atom stereocenters. The van der Waals surface area contributed by atoms with Gasteiger partial charge in [-0.3, -0.25) is 4.79 Å². The fourth-order valence-electron chi connectivity index (χ4n) is 1.44. The van der Waals surface area contributed by atoms with E-state index in [0.717, 1.165) is 5.13 Å². The van der Waals surface area contributed by atoms with E-state index in [2.05, 4.69) is 10.3 Å². The Labute approximate surface area is 85.3 Å². The molecule has 1 aromatic heterocycles. The van der Waals surface area contributed by atoms with Gasteiger partial charge in [-0.15, -0.1) is 11.3 Å². The van der Waals surface area contributed by atoms with Crippen molar-refractivity contribution in [2.75, 3.05) is 5.32 Å². The highest BCUT2D eigenvalue weighted by molar-refractivity contribution is 7.13. The number of rotatable bonds is 3. The van der Waals surface area contributed by atoms with Crippen molar-refractivity contribution in [2.45, 2.75) is 12.5 Å². The molecule has 0 fully saturated rings. The number of nitrogens with zero attached hydrogens (tertiary/aromatic N) is 1. The first-order chi connectivity index (χ1) is 6.75. The van der Waals surface area contributed by atoms with Crippen molar-refractivity contribution in [3.05, 3.63) is 23.7 Å². The van der Waals surface area contributed by atoms with Crippen LogP contribution in [0.3, 0.4) is 0 Å². The van der Waals surface area contributed by atoms with Crippen LogP contribution in [0, 0.1) is 5.92 Å². The Morgan fingerprint density at radius 2 is 2.50 bits per heavy atom. The molecule has 0 spiro atoms. The average molecular weight is 210 g/mol. The van der Waals surface area contributed by atoms with E-state index in [1.54, 1.807) is 12.3 Å². The van der Waals surface area contributed by atoms with E-state index in [1.807, 2.05) is 11.5 Å². The molecule has 0 aliphatic heterocycles. The molecule has 2 rings (SSSR count). The van der Waals surface area contributed by atoms with E-state index in [1.165, 1.54) is 11.3 Å². The van der Waals surface area contributed by atoms with Gasteiger partial charge in [0.25, 0.3) is 0 Å². The zero-order valence-electron chi connectivity index (χ0n) is 7.38. The van der Waals surface area contributed by atoms with Crippen molar-refractivity contribution in [2.24, 2.45) is 5.92 Å². The third kappa shape index (κ3) is 1.93. The molecular formula is C9H10N2O2S. The lowest BCUT2D eigenvalue weighted by Crippen LogP contribution is -2.18. The molecule has 5 heteroatoms. The largest absolute Gasteiger partial charge is 0.481 e. The molecule has 2 N–H and O–H groups in total. The van der Waals surface area contributed by atoms with Crippen molar-refractivity contribution in [3.63, 3.8) is 0 Å². The van der Waals surface area contributed by atoms with Gasteiger partial charge in [0.05, 0.1) is 5.92 Å². The number of carbonyl (C=O) groups is 1. The number of carboxylic acids is 1. The summed E-state index contributed by atoms with van der Waals surface area (Å²) in [6, 6.07) is 0.0993. The minimum absolute atomic E-state index is 0.0993. The Balaban J connectivity index is 1.92. The predicted molar refractivity (Wildman–Crippen MR) is 54.4 cm³/mol. The molecule has 0 radical (unpaired) electrons. The number of anilines is 1. The van der Waals surface area contributed by atoms with Gasteiger partial charge in [-0.2, -0.15) is 0 Å². The molecule has 1 heterocycles. The average Bonchev–Trinajstić information content (AvgIpc) is 2.75. The minimum Gasteiger partial charge on any atom is -0.481 e. The molecule has 0 bridgehead atoms. The van der Waals surface area contributed by atoms with Crippen molar-refractivity contribution in [1.29, 1.82) is 0 Å². The van der Waals surface area contributed by atoms with E-state index in [-0.39, 0.29) is 12.0 Å². The molecule has 1 aromatic rings. The highest BCUT2D eigenvalue weighted by Gasteiger charge is 2.24. The second-order valence-electron chi connectivity index (χ2n) is 3.15. The number of hydrogen-bond acceptors (Lipinski definition) is 4. The second-order valence-corrected chi connectivity index (χ2v) is 4.05. The van der Waals surface area contributed by atoms with Crippen molar-refractivity contribution in [3.8, 4) is 0 Å². The number of aromatic nitrogens is 1. The van der Waals surface area contributed by atoms with Crippen LogP contribution in [0.2, 0.25) is 0 Å². The maximum absolute atomic E-state index is 10.7. The Morgan fingerprint density at radius 1 is 1.64 bits per heavy atom. The minimum atomic E-state index is -0.760. The Morgan fingerprint density at radius 3 is 3.07 bits per heavy atom. The monoisotopic (exact) mass is 210 g/mol. The molecule has 0 amide bonds. The van der Waals surface area contributed by atoms with E-state index < -0.39 is 5.97 Å². The lowest BCUT2D eigenvalue weighted by molar-refractivity contribution is -0.140. The first kappa shape index (κ1) is 9.21. The van der Waals surface area contributed by atoms with Crippen molar-refractivity contribution >= 4 is 22.4 Å². The zero-order chi connectivity index (χ0) is 9.97. The molecule has 1 aliphatic carbocycles. The fraction of sp³-hybridized carbons (Fsp3) is 0.333. The normalized spacial score (nSPS) is 25.1. The van der Waals surface area contributed by atoms with Gasteiger partial charge >= 0.3 is 5.97 Å². The van der Waals surface area contributed by atoms with Crippen LogP contribution < -0.4 is 5.32 Å². The molecule has 2 unspecified atom stereocenters. The predicted octanol–water partition coefficient (Wildman–Crippen LogP) is 1.58. The summed E-state index contributed by atoms with van der Waals surface area (Å²) < 4.78 is 0. The molecule has 0 saturated carbocycles. The van der Waals surface area contributed by atoms with Gasteiger partial charge in [0.15, 0.2) is 5.13 Å². The maximum Gasteiger partial charge on any atom is 0.310 e. The smallest absolute Gasteiger partial charge is 0.310 e. The van der Waals surface area contributed by atoms with E-state index in [9.17, 15) is 4.79 Å². The number of carboxylic acid groups (broad SMARTS) is 1. The number of nitrogens with one attached hydrogen (secondary N) is 1. The van der Waals surface area contributed by atoms with Crippen LogP contribution in [-0.2, 0) is 4.79 Å². The van der Waals surface area contributed by atoms with Crippen LogP contribution in [0.5, 0.6) is 0 Å². The van der Waals surface area contributed by atoms with Gasteiger partial charge in [0.2, 0.25) is 0 Å². The van der Waals surface area contributed by atoms with E-state index in [0.29, 0.717) is 6.42 Å². The van der Waals surface area contributed by atoms with Crippen LogP contribution in [-0.4, -0.2) is 22.1 Å². The topological polar surface area (TPSA) is 62.2 Å². The standard InChI is InChI=1S/C9H10N2O2S/c12-8(13)6-1-2-7(5-6)11-9-10-3-4-14-9/h1-4,6-7H,5H2,(H,10,11)(H,12,13). The van der Waals surface area contributed by atoms with Gasteiger partial charge in [0, 0.05) is 17.6 Å². The van der Waals surface area contributed by atoms with Gasteiger partial charge < -0.3 is 10.4 Å². The summed E-state index contributed by atoms with van der Waals surface area (Å²) in [5.74, 6) is -1.11. The van der Waals surface area contributed by atoms with Crippen LogP contribution in [0.25, 0.3) is 0 Å². The summed E-state index contributed by atoms with van der Waals surface area (Å²) in [5, 5.41) is 14.7. The summed E-state index contributed by atoms with van der Waals surface area (Å²) >= 11 is 1.52. The summed E-state index contributed by atoms with van der Waals surface area (Å²) in [6.07, 6.45) is 5.95. The number of aliphatic carboxylic acids is 1. The van der Waals surface area contributed by atoms with Gasteiger partial charge in [-0.1, -0.05) is 12.2 Å². The Kier molecular flexibility index (Phi) is 2.49. The molecule has 4 nitrogen and oxygen atoms in total. The molecule has 0 aromatic carbocycles. The van der Waals surface area contributed by atoms with Crippen molar-refractivity contribution < 1.29 is 9.90 Å². The van der Waals surface area contributed by atoms with Crippen molar-refractivity contribution in [1.82, 2.24) is 4.98 Å². The highest BCUT2D eigenvalue weighted by Crippen LogP contribution is 2.22. The maximum atomic E-state index is 10.7. The lowest BCUT2D eigenvalue weighted by atomic mass is 10.1. The number of hydrogen-bond donors (Lipinski definition) is 2. The van der Waals surface area contributed by atoms with Crippen LogP contribution >= 0.6 is 11.3 Å². The Bertz CT molecular complexity index is 348. The summed E-state index contributed by atoms with van der Waals surface area (Å²) in [7, 11) is 0. The third-order valence-corrected chi connectivity index (χ3v) is 2.85. The SMILES string of the molecule is O=C(O)C1C=CC(Nc2nccs2)C1. The fourth-order valence-corrected chi connectivity index (χ4v) is 2.03. The summed E-state index contributed by atoms with van der Waals surface area (Å²) in [5.41, 5.74) is 0.